The zero-order valence-corrected chi connectivity index (χ0v) is 12.0. The third kappa shape index (κ3) is 5.14. The van der Waals surface area contributed by atoms with Gasteiger partial charge in [-0.25, -0.2) is 4.98 Å². The van der Waals surface area contributed by atoms with Crippen molar-refractivity contribution < 1.29 is 0 Å². The van der Waals surface area contributed by atoms with Gasteiger partial charge in [0.25, 0.3) is 0 Å². The van der Waals surface area contributed by atoms with Crippen LogP contribution in [0.15, 0.2) is 12.3 Å². The molecule has 0 radical (unpaired) electrons. The average molecular weight is 261 g/mol. The predicted molar refractivity (Wildman–Crippen MR) is 78.9 cm³/mol. The summed E-state index contributed by atoms with van der Waals surface area (Å²) in [7, 11) is 2.14. The summed E-state index contributed by atoms with van der Waals surface area (Å²) in [5, 5.41) is 11.9. The number of hydrogen-bond acceptors (Lipinski definition) is 5. The molecule has 0 saturated carbocycles. The molecule has 3 N–H and O–H groups in total. The second kappa shape index (κ2) is 7.59. The van der Waals surface area contributed by atoms with Gasteiger partial charge in [-0.05, 0) is 46.3 Å². The maximum absolute atomic E-state index is 8.73. The molecule has 0 aromatic carbocycles. The van der Waals surface area contributed by atoms with Crippen LogP contribution in [0.5, 0.6) is 0 Å². The molecule has 1 heterocycles. The van der Waals surface area contributed by atoms with Crippen LogP contribution in [0.25, 0.3) is 0 Å². The number of aromatic nitrogens is 1. The van der Waals surface area contributed by atoms with Crippen LogP contribution in [-0.4, -0.2) is 36.1 Å². The van der Waals surface area contributed by atoms with E-state index in [2.05, 4.69) is 36.1 Å². The Morgan fingerprint density at radius 2 is 2.21 bits per heavy atom. The number of anilines is 2. The van der Waals surface area contributed by atoms with E-state index < -0.39 is 0 Å². The highest BCUT2D eigenvalue weighted by Gasteiger charge is 2.03. The molecular weight excluding hydrogens is 238 g/mol. The minimum absolute atomic E-state index is 0.488. The molecule has 0 amide bonds. The highest BCUT2D eigenvalue weighted by Crippen LogP contribution is 2.15. The number of nitrogens with two attached hydrogens (primary N) is 1. The van der Waals surface area contributed by atoms with Gasteiger partial charge in [-0.1, -0.05) is 0 Å². The fourth-order valence-corrected chi connectivity index (χ4v) is 1.64. The Hall–Kier alpha value is -1.80. The minimum Gasteiger partial charge on any atom is -0.396 e. The summed E-state index contributed by atoms with van der Waals surface area (Å²) >= 11 is 0. The van der Waals surface area contributed by atoms with Crippen LogP contribution in [0, 0.1) is 11.3 Å². The number of nitrogen functional groups attached to an aromatic ring is 1. The van der Waals surface area contributed by atoms with E-state index in [1.165, 1.54) is 6.20 Å². The van der Waals surface area contributed by atoms with E-state index in [0.717, 1.165) is 25.9 Å². The monoisotopic (exact) mass is 261 g/mol. The first-order valence-electron chi connectivity index (χ1n) is 6.64. The number of pyridine rings is 1. The first kappa shape index (κ1) is 15.3. The molecule has 5 nitrogen and oxygen atoms in total. The lowest BCUT2D eigenvalue weighted by Crippen LogP contribution is -2.27. The molecule has 0 aliphatic carbocycles. The summed E-state index contributed by atoms with van der Waals surface area (Å²) in [6.45, 7) is 6.32. The van der Waals surface area contributed by atoms with Gasteiger partial charge in [-0.15, -0.1) is 0 Å². The maximum atomic E-state index is 8.73. The Morgan fingerprint density at radius 1 is 1.47 bits per heavy atom. The molecule has 0 aliphatic rings. The molecular formula is C14H23N5. The maximum Gasteiger partial charge on any atom is 0.149 e. The number of nitrogens with zero attached hydrogens (tertiary/aromatic N) is 3. The quantitative estimate of drug-likeness (QED) is 0.735. The molecule has 0 spiro atoms. The molecule has 0 bridgehead atoms. The highest BCUT2D eigenvalue weighted by atomic mass is 15.1. The number of nitrogens with one attached hydrogen (secondary N) is 1. The normalized spacial score (nSPS) is 10.7. The third-order valence-electron chi connectivity index (χ3n) is 3.16. The second-order valence-electron chi connectivity index (χ2n) is 4.98. The van der Waals surface area contributed by atoms with Crippen molar-refractivity contribution in [3.05, 3.63) is 17.8 Å². The van der Waals surface area contributed by atoms with Crippen LogP contribution < -0.4 is 11.1 Å². The highest BCUT2D eigenvalue weighted by molar-refractivity contribution is 5.62. The molecule has 1 aromatic rings. The first-order valence-corrected chi connectivity index (χ1v) is 6.64. The van der Waals surface area contributed by atoms with E-state index in [1.54, 1.807) is 6.07 Å². The summed E-state index contributed by atoms with van der Waals surface area (Å²) in [6, 6.07) is 4.25. The zero-order chi connectivity index (χ0) is 14.3. The van der Waals surface area contributed by atoms with Crippen LogP contribution in [0.4, 0.5) is 11.5 Å². The van der Waals surface area contributed by atoms with Crippen LogP contribution in [-0.2, 0) is 0 Å². The lowest BCUT2D eigenvalue weighted by Gasteiger charge is -2.20. The molecule has 0 atom stereocenters. The second-order valence-corrected chi connectivity index (χ2v) is 4.98. The van der Waals surface area contributed by atoms with Crippen molar-refractivity contribution in [2.45, 2.75) is 32.7 Å². The average Bonchev–Trinajstić information content (AvgIpc) is 2.39. The summed E-state index contributed by atoms with van der Waals surface area (Å²) in [5.74, 6) is 0.663. The number of rotatable bonds is 7. The van der Waals surface area contributed by atoms with Crippen molar-refractivity contribution >= 4 is 11.5 Å². The smallest absolute Gasteiger partial charge is 0.149 e. The van der Waals surface area contributed by atoms with Crippen LogP contribution in [0.1, 0.15) is 32.3 Å². The predicted octanol–water partition coefficient (Wildman–Crippen LogP) is 2.07. The van der Waals surface area contributed by atoms with Gasteiger partial charge in [0.15, 0.2) is 0 Å². The molecule has 0 fully saturated rings. The van der Waals surface area contributed by atoms with Gasteiger partial charge in [0, 0.05) is 18.8 Å². The van der Waals surface area contributed by atoms with Crippen molar-refractivity contribution in [1.82, 2.24) is 9.88 Å². The fourth-order valence-electron chi connectivity index (χ4n) is 1.64. The van der Waals surface area contributed by atoms with Gasteiger partial charge >= 0.3 is 0 Å². The van der Waals surface area contributed by atoms with Crippen molar-refractivity contribution in [2.24, 2.45) is 0 Å². The van der Waals surface area contributed by atoms with Crippen LogP contribution >= 0.6 is 0 Å². The summed E-state index contributed by atoms with van der Waals surface area (Å²) < 4.78 is 0. The topological polar surface area (TPSA) is 78.0 Å². The summed E-state index contributed by atoms with van der Waals surface area (Å²) in [4.78, 5) is 6.47. The van der Waals surface area contributed by atoms with Crippen LogP contribution in [0.2, 0.25) is 0 Å². The van der Waals surface area contributed by atoms with Crippen LogP contribution in [0.3, 0.4) is 0 Å². The molecule has 1 aromatic heterocycles. The SMILES string of the molecule is CC(C)N(C)CCCCNc1ncc(C#N)cc1N. The Balaban J connectivity index is 2.28. The molecule has 5 heteroatoms. The lowest BCUT2D eigenvalue weighted by molar-refractivity contribution is 0.269. The van der Waals surface area contributed by atoms with Gasteiger partial charge in [0.2, 0.25) is 0 Å². The van der Waals surface area contributed by atoms with E-state index in [0.29, 0.717) is 23.1 Å². The standard InChI is InChI=1S/C14H23N5/c1-11(2)19(3)7-5-4-6-17-14-13(16)8-12(9-15)10-18-14/h8,10-11H,4-7,16H2,1-3H3,(H,17,18). The van der Waals surface area contributed by atoms with E-state index in [9.17, 15) is 0 Å². The van der Waals surface area contributed by atoms with Gasteiger partial charge in [0.1, 0.15) is 11.9 Å². The van der Waals surface area contributed by atoms with Gasteiger partial charge in [0.05, 0.1) is 11.3 Å². The van der Waals surface area contributed by atoms with Crippen molar-refractivity contribution in [3.8, 4) is 6.07 Å². The first-order chi connectivity index (χ1) is 9.04. The Bertz CT molecular complexity index is 436. The fraction of sp³-hybridized carbons (Fsp3) is 0.571. The van der Waals surface area contributed by atoms with E-state index in [4.69, 9.17) is 11.0 Å². The van der Waals surface area contributed by atoms with Gasteiger partial charge < -0.3 is 16.0 Å². The molecule has 0 aliphatic heterocycles. The third-order valence-corrected chi connectivity index (χ3v) is 3.16. The number of hydrogen-bond donors (Lipinski definition) is 2. The zero-order valence-electron chi connectivity index (χ0n) is 12.0. The molecule has 0 unspecified atom stereocenters. The van der Waals surface area contributed by atoms with Crippen molar-refractivity contribution in [2.75, 3.05) is 31.2 Å². The lowest BCUT2D eigenvalue weighted by atomic mass is 10.2. The summed E-state index contributed by atoms with van der Waals surface area (Å²) in [6.07, 6.45) is 3.74. The summed E-state index contributed by atoms with van der Waals surface area (Å²) in [5.41, 5.74) is 6.83. The van der Waals surface area contributed by atoms with Gasteiger partial charge in [-0.2, -0.15) is 5.26 Å². The molecule has 0 saturated heterocycles. The Kier molecular flexibility index (Phi) is 6.10. The minimum atomic E-state index is 0.488. The molecule has 104 valence electrons. The van der Waals surface area contributed by atoms with E-state index in [1.807, 2.05) is 6.07 Å². The van der Waals surface area contributed by atoms with E-state index >= 15 is 0 Å². The Labute approximate surface area is 115 Å². The molecule has 19 heavy (non-hydrogen) atoms. The number of unbranched alkanes of at least 4 members (excludes halogenated alkanes) is 1. The Morgan fingerprint density at radius 3 is 2.79 bits per heavy atom. The van der Waals surface area contributed by atoms with Crippen molar-refractivity contribution in [3.63, 3.8) is 0 Å². The largest absolute Gasteiger partial charge is 0.396 e. The molecule has 1 rings (SSSR count). The van der Waals surface area contributed by atoms with E-state index in [-0.39, 0.29) is 0 Å². The van der Waals surface area contributed by atoms with Gasteiger partial charge in [-0.3, -0.25) is 0 Å². The number of nitriles is 1. The van der Waals surface area contributed by atoms with Crippen molar-refractivity contribution in [1.29, 1.82) is 5.26 Å².